The summed E-state index contributed by atoms with van der Waals surface area (Å²) in [6, 6.07) is 2.54. The van der Waals surface area contributed by atoms with Gasteiger partial charge in [0.05, 0.1) is 12.2 Å². The van der Waals surface area contributed by atoms with Crippen molar-refractivity contribution in [3.8, 4) is 0 Å². The first-order valence-corrected chi connectivity index (χ1v) is 5.65. The Morgan fingerprint density at radius 2 is 2.64 bits per heavy atom. The predicted octanol–water partition coefficient (Wildman–Crippen LogP) is 1.00. The zero-order chi connectivity index (χ0) is 9.97. The first-order valence-electron chi connectivity index (χ1n) is 4.66. The minimum Gasteiger partial charge on any atom is -0.362 e. The predicted molar refractivity (Wildman–Crippen MR) is 59.4 cm³/mol. The number of aromatic nitrogens is 2. The topological polar surface area (TPSA) is 42.2 Å². The molecule has 0 spiro atoms. The molecule has 4 nitrogen and oxygen atoms in total. The summed E-state index contributed by atoms with van der Waals surface area (Å²) < 4.78 is 1.80. The Morgan fingerprint density at radius 1 is 1.79 bits per heavy atom. The molecule has 1 N–H and O–H groups in total. The molecule has 1 fully saturated rings. The molecular formula is C9H14N4S. The molecule has 0 amide bonds. The van der Waals surface area contributed by atoms with Gasteiger partial charge in [-0.25, -0.2) is 0 Å². The quantitative estimate of drug-likeness (QED) is 0.792. The number of aryl methyl sites for hydroxylation is 1. The average molecular weight is 210 g/mol. The van der Waals surface area contributed by atoms with Crippen molar-refractivity contribution in [2.75, 3.05) is 5.75 Å². The molecule has 76 valence electrons. The average Bonchev–Trinajstić information content (AvgIpc) is 2.72. The van der Waals surface area contributed by atoms with Crippen LogP contribution in [0.2, 0.25) is 0 Å². The van der Waals surface area contributed by atoms with Gasteiger partial charge in [-0.2, -0.15) is 5.10 Å². The van der Waals surface area contributed by atoms with Crippen molar-refractivity contribution in [3.63, 3.8) is 0 Å². The van der Waals surface area contributed by atoms with E-state index in [1.165, 1.54) is 0 Å². The lowest BCUT2D eigenvalue weighted by atomic mass is 10.4. The summed E-state index contributed by atoms with van der Waals surface area (Å²) in [6.07, 6.45) is 1.94. The maximum Gasteiger partial charge on any atom is 0.157 e. The van der Waals surface area contributed by atoms with Crippen LogP contribution in [-0.4, -0.2) is 26.7 Å². The molecular weight excluding hydrogens is 196 g/mol. The van der Waals surface area contributed by atoms with Gasteiger partial charge in [0, 0.05) is 25.0 Å². The number of rotatable bonds is 2. The third kappa shape index (κ3) is 2.29. The lowest BCUT2D eigenvalue weighted by Crippen LogP contribution is -2.23. The van der Waals surface area contributed by atoms with E-state index in [0.717, 1.165) is 16.6 Å². The summed E-state index contributed by atoms with van der Waals surface area (Å²) in [6.45, 7) is 2.83. The molecule has 1 atom stereocenters. The lowest BCUT2D eigenvalue weighted by molar-refractivity contribution is 0.738. The number of amidine groups is 1. The van der Waals surface area contributed by atoms with Gasteiger partial charge in [-0.05, 0) is 13.0 Å². The highest BCUT2D eigenvalue weighted by atomic mass is 32.2. The molecule has 14 heavy (non-hydrogen) atoms. The number of thioether (sulfide) groups is 1. The molecule has 0 radical (unpaired) electrons. The van der Waals surface area contributed by atoms with Crippen molar-refractivity contribution in [3.05, 3.63) is 18.0 Å². The number of nitrogens with one attached hydrogen (secondary N) is 1. The number of aliphatic imine (C=N–C) groups is 1. The van der Waals surface area contributed by atoms with Crippen molar-refractivity contribution < 1.29 is 0 Å². The van der Waals surface area contributed by atoms with Gasteiger partial charge in [0.2, 0.25) is 0 Å². The first-order chi connectivity index (χ1) is 6.74. The van der Waals surface area contributed by atoms with Crippen LogP contribution in [-0.2, 0) is 13.6 Å². The van der Waals surface area contributed by atoms with E-state index < -0.39 is 0 Å². The largest absolute Gasteiger partial charge is 0.362 e. The van der Waals surface area contributed by atoms with E-state index in [9.17, 15) is 0 Å². The second-order valence-corrected chi connectivity index (χ2v) is 4.47. The normalized spacial score (nSPS) is 24.1. The zero-order valence-electron chi connectivity index (χ0n) is 8.40. The summed E-state index contributed by atoms with van der Waals surface area (Å²) in [5, 5.41) is 8.62. The fourth-order valence-corrected chi connectivity index (χ4v) is 2.22. The van der Waals surface area contributed by atoms with Crippen LogP contribution >= 0.6 is 11.8 Å². The smallest absolute Gasteiger partial charge is 0.157 e. The molecule has 2 heterocycles. The fraction of sp³-hybridized carbons (Fsp3) is 0.556. The molecule has 0 bridgehead atoms. The van der Waals surface area contributed by atoms with Crippen LogP contribution in [0, 0.1) is 0 Å². The standard InChI is InChI=1S/C9H14N4S/c1-7-6-14-9(11-7)10-5-8-3-4-13(2)12-8/h3-4,7H,5-6H2,1-2H3,(H,10,11). The van der Waals surface area contributed by atoms with Crippen molar-refractivity contribution in [1.29, 1.82) is 0 Å². The third-order valence-corrected chi connectivity index (χ3v) is 3.18. The van der Waals surface area contributed by atoms with E-state index in [4.69, 9.17) is 0 Å². The van der Waals surface area contributed by atoms with Crippen LogP contribution in [0.15, 0.2) is 17.3 Å². The molecule has 1 aromatic heterocycles. The Morgan fingerprint density at radius 3 is 3.21 bits per heavy atom. The van der Waals surface area contributed by atoms with Gasteiger partial charge < -0.3 is 5.32 Å². The van der Waals surface area contributed by atoms with E-state index in [1.54, 1.807) is 16.4 Å². The first kappa shape index (κ1) is 9.58. The Hall–Kier alpha value is -0.970. The Labute approximate surface area is 87.8 Å². The van der Waals surface area contributed by atoms with Crippen LogP contribution in [0.5, 0.6) is 0 Å². The van der Waals surface area contributed by atoms with Crippen LogP contribution in [0.3, 0.4) is 0 Å². The Kier molecular flexibility index (Phi) is 2.77. The minimum atomic E-state index is 0.544. The zero-order valence-corrected chi connectivity index (χ0v) is 9.21. The van der Waals surface area contributed by atoms with Crippen LogP contribution in [0.4, 0.5) is 0 Å². The van der Waals surface area contributed by atoms with Gasteiger partial charge in [0.15, 0.2) is 5.17 Å². The highest BCUT2D eigenvalue weighted by molar-refractivity contribution is 8.14. The number of hydrogen-bond donors (Lipinski definition) is 1. The molecule has 1 saturated heterocycles. The molecule has 1 aromatic rings. The Bertz CT molecular complexity index is 344. The molecule has 0 aliphatic carbocycles. The summed E-state index contributed by atoms with van der Waals surface area (Å²) in [4.78, 5) is 4.45. The van der Waals surface area contributed by atoms with Crippen LogP contribution < -0.4 is 5.32 Å². The van der Waals surface area contributed by atoms with Crippen molar-refractivity contribution in [2.45, 2.75) is 19.5 Å². The van der Waals surface area contributed by atoms with E-state index in [0.29, 0.717) is 12.6 Å². The summed E-state index contributed by atoms with van der Waals surface area (Å²) in [5.74, 6) is 1.11. The van der Waals surface area contributed by atoms with Gasteiger partial charge in [0.1, 0.15) is 0 Å². The van der Waals surface area contributed by atoms with Crippen molar-refractivity contribution >= 4 is 16.9 Å². The second kappa shape index (κ2) is 4.04. The van der Waals surface area contributed by atoms with Crippen LogP contribution in [0.25, 0.3) is 0 Å². The molecule has 1 aliphatic rings. The van der Waals surface area contributed by atoms with Crippen molar-refractivity contribution in [2.24, 2.45) is 12.0 Å². The molecule has 5 heteroatoms. The minimum absolute atomic E-state index is 0.544. The number of hydrogen-bond acceptors (Lipinski definition) is 3. The van der Waals surface area contributed by atoms with E-state index in [1.807, 2.05) is 19.3 Å². The van der Waals surface area contributed by atoms with E-state index in [-0.39, 0.29) is 0 Å². The van der Waals surface area contributed by atoms with E-state index >= 15 is 0 Å². The van der Waals surface area contributed by atoms with Crippen molar-refractivity contribution in [1.82, 2.24) is 15.1 Å². The second-order valence-electron chi connectivity index (χ2n) is 3.46. The monoisotopic (exact) mass is 210 g/mol. The summed E-state index contributed by atoms with van der Waals surface area (Å²) in [5.41, 5.74) is 1.02. The maximum atomic E-state index is 4.45. The van der Waals surface area contributed by atoms with Gasteiger partial charge in [-0.15, -0.1) is 0 Å². The maximum absolute atomic E-state index is 4.45. The molecule has 0 saturated carbocycles. The SMILES string of the molecule is CC1CSC(=NCc2ccn(C)n2)N1. The van der Waals surface area contributed by atoms with Gasteiger partial charge >= 0.3 is 0 Å². The van der Waals surface area contributed by atoms with Gasteiger partial charge in [-0.3, -0.25) is 9.67 Å². The molecule has 1 aliphatic heterocycles. The highest BCUT2D eigenvalue weighted by Crippen LogP contribution is 2.13. The molecule has 2 rings (SSSR count). The summed E-state index contributed by atoms with van der Waals surface area (Å²) >= 11 is 1.78. The third-order valence-electron chi connectivity index (χ3n) is 1.99. The fourth-order valence-electron chi connectivity index (χ4n) is 1.29. The highest BCUT2D eigenvalue weighted by Gasteiger charge is 2.14. The van der Waals surface area contributed by atoms with Crippen LogP contribution in [0.1, 0.15) is 12.6 Å². The lowest BCUT2D eigenvalue weighted by Gasteiger charge is -1.99. The van der Waals surface area contributed by atoms with E-state index in [2.05, 4.69) is 22.3 Å². The number of nitrogens with zero attached hydrogens (tertiary/aromatic N) is 3. The Balaban J connectivity index is 1.93. The molecule has 1 unspecified atom stereocenters. The van der Waals surface area contributed by atoms with Gasteiger partial charge in [-0.1, -0.05) is 11.8 Å². The summed E-state index contributed by atoms with van der Waals surface area (Å²) in [7, 11) is 1.92. The van der Waals surface area contributed by atoms with Gasteiger partial charge in [0.25, 0.3) is 0 Å². The molecule has 0 aromatic carbocycles.